The molecule has 0 aliphatic heterocycles. The number of rotatable bonds is 4. The molecular weight excluding hydrogens is 172 g/mol. The topological polar surface area (TPSA) is 20.2 Å². The fourth-order valence-corrected chi connectivity index (χ4v) is 2.02. The third kappa shape index (κ3) is 2.09. The van der Waals surface area contributed by atoms with Crippen LogP contribution in [-0.4, -0.2) is 5.11 Å². The molecule has 0 aromatic heterocycles. The largest absolute Gasteiger partial charge is 0.508 e. The van der Waals surface area contributed by atoms with Crippen LogP contribution in [0.5, 0.6) is 5.75 Å². The number of aryl methyl sites for hydroxylation is 1. The standard InChI is InChI=1S/C13H20O/c1-4-7-12-10(5-2)8-9-13(14)11(12)6-3/h8-9,14H,4-7H2,1-3H3. The molecular formula is C13H20O. The fraction of sp³-hybridized carbons (Fsp3) is 0.538. The Morgan fingerprint density at radius 1 is 1.00 bits per heavy atom. The van der Waals surface area contributed by atoms with Gasteiger partial charge in [0, 0.05) is 0 Å². The number of phenols is 1. The minimum Gasteiger partial charge on any atom is -0.508 e. The van der Waals surface area contributed by atoms with Crippen LogP contribution in [0, 0.1) is 0 Å². The molecule has 0 heterocycles. The molecule has 0 bridgehead atoms. The van der Waals surface area contributed by atoms with Gasteiger partial charge in [-0.1, -0.05) is 33.3 Å². The van der Waals surface area contributed by atoms with Crippen molar-refractivity contribution >= 4 is 0 Å². The zero-order valence-corrected chi connectivity index (χ0v) is 9.43. The van der Waals surface area contributed by atoms with E-state index in [1.165, 1.54) is 11.1 Å². The molecule has 0 aliphatic carbocycles. The van der Waals surface area contributed by atoms with Crippen LogP contribution in [0.1, 0.15) is 43.9 Å². The van der Waals surface area contributed by atoms with Crippen LogP contribution in [0.15, 0.2) is 12.1 Å². The van der Waals surface area contributed by atoms with E-state index >= 15 is 0 Å². The van der Waals surface area contributed by atoms with E-state index in [1.807, 2.05) is 6.07 Å². The summed E-state index contributed by atoms with van der Waals surface area (Å²) in [5, 5.41) is 9.74. The molecule has 0 amide bonds. The highest BCUT2D eigenvalue weighted by atomic mass is 16.3. The van der Waals surface area contributed by atoms with E-state index in [0.29, 0.717) is 5.75 Å². The van der Waals surface area contributed by atoms with Gasteiger partial charge < -0.3 is 5.11 Å². The Labute approximate surface area is 86.8 Å². The van der Waals surface area contributed by atoms with E-state index in [1.54, 1.807) is 0 Å². The van der Waals surface area contributed by atoms with Gasteiger partial charge in [0.05, 0.1) is 0 Å². The smallest absolute Gasteiger partial charge is 0.119 e. The molecule has 78 valence electrons. The van der Waals surface area contributed by atoms with Crippen molar-refractivity contribution in [3.63, 3.8) is 0 Å². The highest BCUT2D eigenvalue weighted by Crippen LogP contribution is 2.26. The third-order valence-electron chi connectivity index (χ3n) is 2.74. The Balaban J connectivity index is 3.21. The van der Waals surface area contributed by atoms with Gasteiger partial charge in [-0.3, -0.25) is 0 Å². The lowest BCUT2D eigenvalue weighted by Gasteiger charge is -2.13. The van der Waals surface area contributed by atoms with Crippen molar-refractivity contribution in [2.45, 2.75) is 46.5 Å². The van der Waals surface area contributed by atoms with E-state index in [-0.39, 0.29) is 0 Å². The molecule has 1 heteroatoms. The number of benzene rings is 1. The maximum atomic E-state index is 9.74. The second-order valence-corrected chi connectivity index (χ2v) is 3.66. The molecule has 0 radical (unpaired) electrons. The first-order chi connectivity index (χ1) is 6.74. The summed E-state index contributed by atoms with van der Waals surface area (Å²) in [4.78, 5) is 0. The molecule has 0 aliphatic rings. The van der Waals surface area contributed by atoms with Crippen molar-refractivity contribution in [3.05, 3.63) is 28.8 Å². The molecule has 1 rings (SSSR count). The minimum absolute atomic E-state index is 0.466. The van der Waals surface area contributed by atoms with Crippen LogP contribution in [0.3, 0.4) is 0 Å². The molecule has 1 nitrogen and oxygen atoms in total. The maximum Gasteiger partial charge on any atom is 0.119 e. The summed E-state index contributed by atoms with van der Waals surface area (Å²) in [6, 6.07) is 3.89. The summed E-state index contributed by atoms with van der Waals surface area (Å²) >= 11 is 0. The number of aromatic hydroxyl groups is 1. The van der Waals surface area contributed by atoms with Gasteiger partial charge in [0.25, 0.3) is 0 Å². The van der Waals surface area contributed by atoms with Gasteiger partial charge in [-0.15, -0.1) is 0 Å². The van der Waals surface area contributed by atoms with Gasteiger partial charge in [-0.2, -0.15) is 0 Å². The molecule has 0 saturated carbocycles. The molecule has 0 fully saturated rings. The third-order valence-corrected chi connectivity index (χ3v) is 2.74. The van der Waals surface area contributed by atoms with Crippen LogP contribution >= 0.6 is 0 Å². The highest BCUT2D eigenvalue weighted by Gasteiger charge is 2.09. The molecule has 0 atom stereocenters. The summed E-state index contributed by atoms with van der Waals surface area (Å²) in [6.45, 7) is 6.46. The molecule has 0 saturated heterocycles. The molecule has 0 unspecified atom stereocenters. The Morgan fingerprint density at radius 2 is 1.71 bits per heavy atom. The summed E-state index contributed by atoms with van der Waals surface area (Å²) in [6.07, 6.45) is 4.21. The number of hydrogen-bond acceptors (Lipinski definition) is 1. The van der Waals surface area contributed by atoms with E-state index in [2.05, 4.69) is 26.8 Å². The predicted molar refractivity (Wildman–Crippen MR) is 60.9 cm³/mol. The number of hydrogen-bond donors (Lipinski definition) is 1. The Hall–Kier alpha value is -0.980. The SMILES string of the molecule is CCCc1c(CC)ccc(O)c1CC. The Bertz CT molecular complexity index is 302. The average molecular weight is 192 g/mol. The first-order valence-electron chi connectivity index (χ1n) is 5.57. The van der Waals surface area contributed by atoms with Gasteiger partial charge in [0.1, 0.15) is 5.75 Å². The lowest BCUT2D eigenvalue weighted by Crippen LogP contribution is -1.99. The van der Waals surface area contributed by atoms with Crippen LogP contribution in [0.4, 0.5) is 0 Å². The molecule has 1 N–H and O–H groups in total. The van der Waals surface area contributed by atoms with E-state index in [0.717, 1.165) is 31.2 Å². The monoisotopic (exact) mass is 192 g/mol. The van der Waals surface area contributed by atoms with Crippen LogP contribution in [0.25, 0.3) is 0 Å². The van der Waals surface area contributed by atoms with Gasteiger partial charge in [-0.25, -0.2) is 0 Å². The van der Waals surface area contributed by atoms with Gasteiger partial charge in [-0.05, 0) is 42.0 Å². The fourth-order valence-electron chi connectivity index (χ4n) is 2.02. The van der Waals surface area contributed by atoms with Crippen molar-refractivity contribution in [3.8, 4) is 5.75 Å². The Morgan fingerprint density at radius 3 is 2.21 bits per heavy atom. The minimum atomic E-state index is 0.466. The molecule has 14 heavy (non-hydrogen) atoms. The lowest BCUT2D eigenvalue weighted by atomic mass is 9.93. The van der Waals surface area contributed by atoms with Crippen molar-refractivity contribution in [2.75, 3.05) is 0 Å². The van der Waals surface area contributed by atoms with Crippen molar-refractivity contribution < 1.29 is 5.11 Å². The van der Waals surface area contributed by atoms with Gasteiger partial charge >= 0.3 is 0 Å². The highest BCUT2D eigenvalue weighted by molar-refractivity contribution is 5.44. The quantitative estimate of drug-likeness (QED) is 0.774. The van der Waals surface area contributed by atoms with Gasteiger partial charge in [0.2, 0.25) is 0 Å². The first-order valence-corrected chi connectivity index (χ1v) is 5.57. The van der Waals surface area contributed by atoms with Crippen LogP contribution in [-0.2, 0) is 19.3 Å². The summed E-state index contributed by atoms with van der Waals surface area (Å²) < 4.78 is 0. The number of phenolic OH excluding ortho intramolecular Hbond substituents is 1. The van der Waals surface area contributed by atoms with E-state index in [4.69, 9.17) is 0 Å². The van der Waals surface area contributed by atoms with Crippen molar-refractivity contribution in [1.29, 1.82) is 0 Å². The van der Waals surface area contributed by atoms with Crippen LogP contribution in [0.2, 0.25) is 0 Å². The normalized spacial score (nSPS) is 10.5. The van der Waals surface area contributed by atoms with E-state index < -0.39 is 0 Å². The zero-order valence-electron chi connectivity index (χ0n) is 9.43. The molecule has 1 aromatic carbocycles. The lowest BCUT2D eigenvalue weighted by molar-refractivity contribution is 0.467. The van der Waals surface area contributed by atoms with Crippen molar-refractivity contribution in [1.82, 2.24) is 0 Å². The van der Waals surface area contributed by atoms with Crippen LogP contribution < -0.4 is 0 Å². The molecule has 1 aromatic rings. The summed E-state index contributed by atoms with van der Waals surface area (Å²) in [5.41, 5.74) is 3.91. The average Bonchev–Trinajstić information content (AvgIpc) is 2.19. The maximum absolute atomic E-state index is 9.74. The summed E-state index contributed by atoms with van der Waals surface area (Å²) in [7, 11) is 0. The second-order valence-electron chi connectivity index (χ2n) is 3.66. The molecule has 0 spiro atoms. The first kappa shape index (κ1) is 11.1. The zero-order chi connectivity index (χ0) is 10.6. The second kappa shape index (κ2) is 5.04. The van der Waals surface area contributed by atoms with E-state index in [9.17, 15) is 5.11 Å². The Kier molecular flexibility index (Phi) is 3.99. The van der Waals surface area contributed by atoms with Gasteiger partial charge in [0.15, 0.2) is 0 Å². The van der Waals surface area contributed by atoms with Crippen molar-refractivity contribution in [2.24, 2.45) is 0 Å². The summed E-state index contributed by atoms with van der Waals surface area (Å²) in [5.74, 6) is 0.466. The predicted octanol–water partition coefficient (Wildman–Crippen LogP) is 3.47.